The first kappa shape index (κ1) is 18.9. The van der Waals surface area contributed by atoms with Crippen molar-refractivity contribution in [2.45, 2.75) is 69.7 Å². The van der Waals surface area contributed by atoms with Gasteiger partial charge in [-0.1, -0.05) is 46.0 Å². The Hall–Kier alpha value is -1.14. The SMILES string of the molecule is CCCCCCCC(CC)NS(=O)(=O)c1cccnc1OC. The molecule has 1 atom stereocenters. The van der Waals surface area contributed by atoms with Crippen LogP contribution in [-0.2, 0) is 10.0 Å². The van der Waals surface area contributed by atoms with Gasteiger partial charge in [-0.3, -0.25) is 0 Å². The summed E-state index contributed by atoms with van der Waals surface area (Å²) in [5, 5.41) is 0. The van der Waals surface area contributed by atoms with Crippen molar-refractivity contribution >= 4 is 10.0 Å². The second-order valence-electron chi connectivity index (χ2n) is 5.44. The average Bonchev–Trinajstić information content (AvgIpc) is 2.53. The van der Waals surface area contributed by atoms with Crippen molar-refractivity contribution < 1.29 is 13.2 Å². The van der Waals surface area contributed by atoms with Gasteiger partial charge in [-0.25, -0.2) is 18.1 Å². The highest BCUT2D eigenvalue weighted by atomic mass is 32.2. The van der Waals surface area contributed by atoms with Crippen molar-refractivity contribution in [1.82, 2.24) is 9.71 Å². The number of hydrogen-bond donors (Lipinski definition) is 1. The van der Waals surface area contributed by atoms with E-state index in [2.05, 4.69) is 16.6 Å². The monoisotopic (exact) mass is 328 g/mol. The van der Waals surface area contributed by atoms with Gasteiger partial charge in [0.25, 0.3) is 0 Å². The van der Waals surface area contributed by atoms with E-state index in [1.54, 1.807) is 6.07 Å². The van der Waals surface area contributed by atoms with Crippen LogP contribution < -0.4 is 9.46 Å². The normalized spacial score (nSPS) is 13.0. The number of aromatic nitrogens is 1. The fraction of sp³-hybridized carbons (Fsp3) is 0.688. The van der Waals surface area contributed by atoms with Gasteiger partial charge in [0.15, 0.2) is 0 Å². The number of sulfonamides is 1. The Morgan fingerprint density at radius 1 is 1.23 bits per heavy atom. The lowest BCUT2D eigenvalue weighted by molar-refractivity contribution is 0.384. The van der Waals surface area contributed by atoms with E-state index >= 15 is 0 Å². The minimum atomic E-state index is -3.60. The predicted molar refractivity (Wildman–Crippen MR) is 88.6 cm³/mol. The molecule has 0 amide bonds. The van der Waals surface area contributed by atoms with Gasteiger partial charge in [-0.05, 0) is 25.0 Å². The third-order valence-electron chi connectivity index (χ3n) is 3.69. The molecule has 0 radical (unpaired) electrons. The van der Waals surface area contributed by atoms with E-state index < -0.39 is 10.0 Å². The highest BCUT2D eigenvalue weighted by molar-refractivity contribution is 7.89. The molecule has 0 saturated heterocycles. The molecule has 5 nitrogen and oxygen atoms in total. The third-order valence-corrected chi connectivity index (χ3v) is 5.22. The molecule has 0 aliphatic carbocycles. The average molecular weight is 328 g/mol. The smallest absolute Gasteiger partial charge is 0.246 e. The van der Waals surface area contributed by atoms with Gasteiger partial charge in [0.2, 0.25) is 15.9 Å². The van der Waals surface area contributed by atoms with Crippen LogP contribution in [-0.4, -0.2) is 26.6 Å². The van der Waals surface area contributed by atoms with Crippen LogP contribution in [0.4, 0.5) is 0 Å². The Labute approximate surface area is 134 Å². The van der Waals surface area contributed by atoms with Crippen LogP contribution in [0.1, 0.15) is 58.8 Å². The minimum Gasteiger partial charge on any atom is -0.480 e. The molecule has 6 heteroatoms. The van der Waals surface area contributed by atoms with Crippen molar-refractivity contribution in [3.8, 4) is 5.88 Å². The van der Waals surface area contributed by atoms with E-state index in [0.717, 1.165) is 25.7 Å². The summed E-state index contributed by atoms with van der Waals surface area (Å²) in [5.74, 6) is 0.132. The molecular formula is C16H28N2O3S. The Morgan fingerprint density at radius 3 is 2.59 bits per heavy atom. The van der Waals surface area contributed by atoms with Crippen LogP contribution >= 0.6 is 0 Å². The predicted octanol–water partition coefficient (Wildman–Crippen LogP) is 3.51. The van der Waals surface area contributed by atoms with Crippen molar-refractivity contribution in [2.75, 3.05) is 7.11 Å². The molecule has 1 rings (SSSR count). The fourth-order valence-corrected chi connectivity index (χ4v) is 3.83. The molecule has 0 aliphatic rings. The second kappa shape index (κ2) is 9.79. The molecule has 0 fully saturated rings. The quantitative estimate of drug-likeness (QED) is 0.631. The molecular weight excluding hydrogens is 300 g/mol. The highest BCUT2D eigenvalue weighted by Gasteiger charge is 2.23. The van der Waals surface area contributed by atoms with Crippen molar-refractivity contribution in [3.63, 3.8) is 0 Å². The van der Waals surface area contributed by atoms with Gasteiger partial charge in [-0.15, -0.1) is 0 Å². The van der Waals surface area contributed by atoms with Gasteiger partial charge >= 0.3 is 0 Å². The first-order valence-electron chi connectivity index (χ1n) is 8.06. The Kier molecular flexibility index (Phi) is 8.42. The van der Waals surface area contributed by atoms with Crippen LogP contribution in [0.5, 0.6) is 5.88 Å². The first-order valence-corrected chi connectivity index (χ1v) is 9.54. The van der Waals surface area contributed by atoms with Crippen molar-refractivity contribution in [3.05, 3.63) is 18.3 Å². The molecule has 1 heterocycles. The van der Waals surface area contributed by atoms with Gasteiger partial charge < -0.3 is 4.74 Å². The topological polar surface area (TPSA) is 68.3 Å². The van der Waals surface area contributed by atoms with Crippen LogP contribution in [0.3, 0.4) is 0 Å². The number of rotatable bonds is 11. The molecule has 0 aromatic carbocycles. The van der Waals surface area contributed by atoms with E-state index in [-0.39, 0.29) is 16.8 Å². The number of hydrogen-bond acceptors (Lipinski definition) is 4. The van der Waals surface area contributed by atoms with Crippen LogP contribution in [0.2, 0.25) is 0 Å². The van der Waals surface area contributed by atoms with Gasteiger partial charge in [0, 0.05) is 12.2 Å². The van der Waals surface area contributed by atoms with Crippen LogP contribution in [0.15, 0.2) is 23.2 Å². The van der Waals surface area contributed by atoms with Gasteiger partial charge in [0.1, 0.15) is 4.90 Å². The maximum Gasteiger partial charge on any atom is 0.246 e. The van der Waals surface area contributed by atoms with Crippen LogP contribution in [0, 0.1) is 0 Å². The number of pyridine rings is 1. The zero-order valence-electron chi connectivity index (χ0n) is 13.8. The molecule has 0 bridgehead atoms. The van der Waals surface area contributed by atoms with Gasteiger partial charge in [0.05, 0.1) is 7.11 Å². The minimum absolute atomic E-state index is 0.0449. The maximum absolute atomic E-state index is 12.5. The second-order valence-corrected chi connectivity index (χ2v) is 7.12. The summed E-state index contributed by atoms with van der Waals surface area (Å²) in [6, 6.07) is 3.07. The Balaban J connectivity index is 2.64. The Bertz CT molecular complexity index is 532. The number of ether oxygens (including phenoxy) is 1. The van der Waals surface area contributed by atoms with Crippen LogP contribution in [0.25, 0.3) is 0 Å². The van der Waals surface area contributed by atoms with E-state index in [9.17, 15) is 8.42 Å². The Morgan fingerprint density at radius 2 is 1.95 bits per heavy atom. The van der Waals surface area contributed by atoms with E-state index in [1.807, 2.05) is 6.92 Å². The molecule has 1 unspecified atom stereocenters. The lowest BCUT2D eigenvalue weighted by atomic mass is 10.1. The lowest BCUT2D eigenvalue weighted by Gasteiger charge is -2.17. The first-order chi connectivity index (χ1) is 10.5. The zero-order chi connectivity index (χ0) is 16.4. The highest BCUT2D eigenvalue weighted by Crippen LogP contribution is 2.21. The molecule has 1 aromatic rings. The van der Waals surface area contributed by atoms with E-state index in [1.165, 1.54) is 38.6 Å². The molecule has 1 N–H and O–H groups in total. The van der Waals surface area contributed by atoms with Crippen molar-refractivity contribution in [2.24, 2.45) is 0 Å². The third kappa shape index (κ3) is 5.93. The number of nitrogens with one attached hydrogen (secondary N) is 1. The summed E-state index contributed by atoms with van der Waals surface area (Å²) in [7, 11) is -2.18. The maximum atomic E-state index is 12.5. The number of methoxy groups -OCH3 is 1. The molecule has 0 aliphatic heterocycles. The van der Waals surface area contributed by atoms with Crippen molar-refractivity contribution in [1.29, 1.82) is 0 Å². The van der Waals surface area contributed by atoms with E-state index in [4.69, 9.17) is 4.74 Å². The molecule has 1 aromatic heterocycles. The molecule has 22 heavy (non-hydrogen) atoms. The summed E-state index contributed by atoms with van der Waals surface area (Å²) in [6.07, 6.45) is 9.03. The summed E-state index contributed by atoms with van der Waals surface area (Å²) < 4.78 is 32.8. The summed E-state index contributed by atoms with van der Waals surface area (Å²) in [4.78, 5) is 4.05. The lowest BCUT2D eigenvalue weighted by Crippen LogP contribution is -2.34. The largest absolute Gasteiger partial charge is 0.480 e. The zero-order valence-corrected chi connectivity index (χ0v) is 14.7. The molecule has 126 valence electrons. The molecule has 0 saturated carbocycles. The van der Waals surface area contributed by atoms with Gasteiger partial charge in [-0.2, -0.15) is 0 Å². The van der Waals surface area contributed by atoms with E-state index in [0.29, 0.717) is 0 Å². The number of nitrogens with zero attached hydrogens (tertiary/aromatic N) is 1. The summed E-state index contributed by atoms with van der Waals surface area (Å²) >= 11 is 0. The summed E-state index contributed by atoms with van der Waals surface area (Å²) in [5.41, 5.74) is 0. The fourth-order valence-electron chi connectivity index (χ4n) is 2.36. The molecule has 0 spiro atoms. The standard InChI is InChI=1S/C16H28N2O3S/c1-4-6-7-8-9-11-14(5-2)18-22(19,20)15-12-10-13-17-16(15)21-3/h10,12-14,18H,4-9,11H2,1-3H3. The summed E-state index contributed by atoms with van der Waals surface area (Å²) in [6.45, 7) is 4.18. The number of unbranched alkanes of at least 4 members (excludes halogenated alkanes) is 4.